The molecule has 2 rings (SSSR count). The third kappa shape index (κ3) is 5.09. The van der Waals surface area contributed by atoms with Crippen molar-refractivity contribution in [2.24, 2.45) is 0 Å². The SMILES string of the molecule is CN(Cc1cccc(C(F)(F)F)c1)C(=O)CCc1cccnc1. The van der Waals surface area contributed by atoms with Crippen molar-refractivity contribution in [3.05, 3.63) is 65.5 Å². The van der Waals surface area contributed by atoms with Gasteiger partial charge >= 0.3 is 6.18 Å². The summed E-state index contributed by atoms with van der Waals surface area (Å²) >= 11 is 0. The van der Waals surface area contributed by atoms with Crippen molar-refractivity contribution in [1.29, 1.82) is 0 Å². The van der Waals surface area contributed by atoms with E-state index in [1.54, 1.807) is 31.6 Å². The number of aryl methyl sites for hydroxylation is 1. The standard InChI is InChI=1S/C17H17F3N2O/c1-22(16(23)8-7-13-5-3-9-21-11-13)12-14-4-2-6-15(10-14)17(18,19)20/h2-6,9-11H,7-8,12H2,1H3. The van der Waals surface area contributed by atoms with Crippen LogP contribution in [-0.4, -0.2) is 22.8 Å². The van der Waals surface area contributed by atoms with Crippen molar-refractivity contribution >= 4 is 5.91 Å². The van der Waals surface area contributed by atoms with Crippen LogP contribution in [0, 0.1) is 0 Å². The Morgan fingerprint density at radius 1 is 1.17 bits per heavy atom. The Morgan fingerprint density at radius 3 is 2.57 bits per heavy atom. The monoisotopic (exact) mass is 322 g/mol. The van der Waals surface area contributed by atoms with Crippen LogP contribution in [-0.2, 0) is 23.9 Å². The number of hydrogen-bond acceptors (Lipinski definition) is 2. The normalized spacial score (nSPS) is 11.3. The highest BCUT2D eigenvalue weighted by Gasteiger charge is 2.30. The van der Waals surface area contributed by atoms with Gasteiger partial charge < -0.3 is 4.90 Å². The van der Waals surface area contributed by atoms with Crippen LogP contribution in [0.15, 0.2) is 48.8 Å². The van der Waals surface area contributed by atoms with Gasteiger partial charge in [0.05, 0.1) is 5.56 Å². The maximum atomic E-state index is 12.7. The molecule has 0 radical (unpaired) electrons. The van der Waals surface area contributed by atoms with Crippen LogP contribution in [0.5, 0.6) is 0 Å². The molecule has 23 heavy (non-hydrogen) atoms. The van der Waals surface area contributed by atoms with Crippen LogP contribution >= 0.6 is 0 Å². The summed E-state index contributed by atoms with van der Waals surface area (Å²) in [6.07, 6.45) is -0.176. The molecule has 2 aromatic rings. The van der Waals surface area contributed by atoms with Crippen LogP contribution in [0.2, 0.25) is 0 Å². The molecule has 0 aliphatic heterocycles. The fraction of sp³-hybridized carbons (Fsp3) is 0.294. The Morgan fingerprint density at radius 2 is 1.91 bits per heavy atom. The Kier molecular flexibility index (Phi) is 5.36. The highest BCUT2D eigenvalue weighted by atomic mass is 19.4. The second-order valence-corrected chi connectivity index (χ2v) is 5.31. The molecule has 0 fully saturated rings. The van der Waals surface area contributed by atoms with Gasteiger partial charge in [0.25, 0.3) is 0 Å². The van der Waals surface area contributed by atoms with Crippen molar-refractivity contribution in [2.75, 3.05) is 7.05 Å². The average molecular weight is 322 g/mol. The first-order valence-electron chi connectivity index (χ1n) is 7.15. The minimum atomic E-state index is -4.38. The molecule has 3 nitrogen and oxygen atoms in total. The molecule has 0 N–H and O–H groups in total. The van der Waals surface area contributed by atoms with Crippen molar-refractivity contribution in [3.63, 3.8) is 0 Å². The Bertz CT molecular complexity index is 656. The van der Waals surface area contributed by atoms with E-state index in [4.69, 9.17) is 0 Å². The number of carbonyl (C=O) groups is 1. The van der Waals surface area contributed by atoms with Crippen molar-refractivity contribution in [2.45, 2.75) is 25.6 Å². The minimum absolute atomic E-state index is 0.119. The predicted octanol–water partition coefficient (Wildman–Crippen LogP) is 3.69. The molecule has 6 heteroatoms. The van der Waals surface area contributed by atoms with Crippen molar-refractivity contribution in [1.82, 2.24) is 9.88 Å². The number of amides is 1. The zero-order valence-corrected chi connectivity index (χ0v) is 12.7. The summed E-state index contributed by atoms with van der Waals surface area (Å²) in [6, 6.07) is 8.71. The third-order valence-electron chi connectivity index (χ3n) is 3.45. The number of carbonyl (C=O) groups excluding carboxylic acids is 1. The third-order valence-corrected chi connectivity index (χ3v) is 3.45. The average Bonchev–Trinajstić information content (AvgIpc) is 2.53. The Hall–Kier alpha value is -2.37. The van der Waals surface area contributed by atoms with Crippen LogP contribution in [0.1, 0.15) is 23.1 Å². The van der Waals surface area contributed by atoms with Gasteiger partial charge in [-0.05, 0) is 35.7 Å². The van der Waals surface area contributed by atoms with Crippen LogP contribution in [0.4, 0.5) is 13.2 Å². The highest BCUT2D eigenvalue weighted by molar-refractivity contribution is 5.76. The fourth-order valence-corrected chi connectivity index (χ4v) is 2.20. The molecule has 0 atom stereocenters. The lowest BCUT2D eigenvalue weighted by Crippen LogP contribution is -2.26. The van der Waals surface area contributed by atoms with E-state index >= 15 is 0 Å². The summed E-state index contributed by atoms with van der Waals surface area (Å²) in [4.78, 5) is 17.5. The van der Waals surface area contributed by atoms with E-state index in [1.807, 2.05) is 6.07 Å². The van der Waals surface area contributed by atoms with Gasteiger partial charge in [0.1, 0.15) is 0 Å². The molecule has 0 unspecified atom stereocenters. The summed E-state index contributed by atoms with van der Waals surface area (Å²) in [6.45, 7) is 0.149. The first kappa shape index (κ1) is 17.0. The van der Waals surface area contributed by atoms with Gasteiger partial charge in [0.2, 0.25) is 5.91 Å². The minimum Gasteiger partial charge on any atom is -0.341 e. The number of rotatable bonds is 5. The quantitative estimate of drug-likeness (QED) is 0.841. The number of benzene rings is 1. The molecule has 122 valence electrons. The van der Waals surface area contributed by atoms with Gasteiger partial charge in [-0.2, -0.15) is 13.2 Å². The molecule has 0 saturated carbocycles. The Labute approximate surface area is 132 Å². The zero-order valence-electron chi connectivity index (χ0n) is 12.7. The summed E-state index contributed by atoms with van der Waals surface area (Å²) in [5.41, 5.74) is 0.705. The van der Waals surface area contributed by atoms with Gasteiger partial charge in [-0.3, -0.25) is 9.78 Å². The van der Waals surface area contributed by atoms with E-state index in [9.17, 15) is 18.0 Å². The molecule has 0 saturated heterocycles. The van der Waals surface area contributed by atoms with Crippen LogP contribution in [0.25, 0.3) is 0 Å². The predicted molar refractivity (Wildman–Crippen MR) is 80.5 cm³/mol. The molecule has 0 aliphatic carbocycles. The smallest absolute Gasteiger partial charge is 0.341 e. The second-order valence-electron chi connectivity index (χ2n) is 5.31. The summed E-state index contributed by atoms with van der Waals surface area (Å²) < 4.78 is 38.1. The molecule has 1 amide bonds. The van der Waals surface area contributed by atoms with E-state index in [2.05, 4.69) is 4.98 Å². The number of aromatic nitrogens is 1. The molecule has 1 heterocycles. The van der Waals surface area contributed by atoms with E-state index in [1.165, 1.54) is 11.0 Å². The topological polar surface area (TPSA) is 33.2 Å². The molecular formula is C17H17F3N2O. The summed E-state index contributed by atoms with van der Waals surface area (Å²) in [5, 5.41) is 0. The zero-order chi connectivity index (χ0) is 16.9. The van der Waals surface area contributed by atoms with E-state index in [0.717, 1.165) is 17.7 Å². The van der Waals surface area contributed by atoms with E-state index < -0.39 is 11.7 Å². The molecule has 0 spiro atoms. The molecule has 0 bridgehead atoms. The maximum absolute atomic E-state index is 12.7. The lowest BCUT2D eigenvalue weighted by molar-refractivity contribution is -0.137. The second kappa shape index (κ2) is 7.26. The molecular weight excluding hydrogens is 305 g/mol. The molecule has 1 aromatic carbocycles. The van der Waals surface area contributed by atoms with Gasteiger partial charge in [-0.15, -0.1) is 0 Å². The van der Waals surface area contributed by atoms with E-state index in [0.29, 0.717) is 18.4 Å². The highest BCUT2D eigenvalue weighted by Crippen LogP contribution is 2.29. The number of nitrogens with zero attached hydrogens (tertiary/aromatic N) is 2. The lowest BCUT2D eigenvalue weighted by Gasteiger charge is -2.18. The number of halogens is 3. The summed E-state index contributed by atoms with van der Waals surface area (Å²) in [7, 11) is 1.59. The number of hydrogen-bond donors (Lipinski definition) is 0. The van der Waals surface area contributed by atoms with Crippen LogP contribution < -0.4 is 0 Å². The first-order chi connectivity index (χ1) is 10.9. The number of alkyl halides is 3. The fourth-order valence-electron chi connectivity index (χ4n) is 2.20. The van der Waals surface area contributed by atoms with Crippen LogP contribution in [0.3, 0.4) is 0 Å². The van der Waals surface area contributed by atoms with Crippen molar-refractivity contribution < 1.29 is 18.0 Å². The molecule has 1 aromatic heterocycles. The maximum Gasteiger partial charge on any atom is 0.416 e. The number of pyridine rings is 1. The molecule has 0 aliphatic rings. The summed E-state index contributed by atoms with van der Waals surface area (Å²) in [5.74, 6) is -0.119. The van der Waals surface area contributed by atoms with Gasteiger partial charge in [0.15, 0.2) is 0 Å². The van der Waals surface area contributed by atoms with Crippen molar-refractivity contribution in [3.8, 4) is 0 Å². The largest absolute Gasteiger partial charge is 0.416 e. The first-order valence-corrected chi connectivity index (χ1v) is 7.15. The van der Waals surface area contributed by atoms with E-state index in [-0.39, 0.29) is 12.5 Å². The van der Waals surface area contributed by atoms with Gasteiger partial charge in [-0.1, -0.05) is 18.2 Å². The lowest BCUT2D eigenvalue weighted by atomic mass is 10.1. The van der Waals surface area contributed by atoms with Gasteiger partial charge in [-0.25, -0.2) is 0 Å². The Balaban J connectivity index is 1.93. The van der Waals surface area contributed by atoms with Gasteiger partial charge in [0, 0.05) is 32.4 Å².